The van der Waals surface area contributed by atoms with E-state index in [4.69, 9.17) is 0 Å². The van der Waals surface area contributed by atoms with Crippen LogP contribution < -0.4 is 5.32 Å². The summed E-state index contributed by atoms with van der Waals surface area (Å²) >= 11 is 1.35. The Kier molecular flexibility index (Phi) is 4.43. The maximum atomic E-state index is 12.1. The highest BCUT2D eigenvalue weighted by Crippen LogP contribution is 2.24. The van der Waals surface area contributed by atoms with Gasteiger partial charge in [-0.25, -0.2) is 0 Å². The Hall–Kier alpha value is -2.14. The third-order valence-electron chi connectivity index (χ3n) is 3.55. The standard InChI is InChI=1S/C16H17NO3S/c1-11-8-9-21-13(11)14(18)17-10-16(2,15(19)20)12-6-4-3-5-7-12/h3-9H,10H2,1-2H3,(H,17,18)(H,19,20). The minimum Gasteiger partial charge on any atom is -0.481 e. The topological polar surface area (TPSA) is 66.4 Å². The molecule has 1 heterocycles. The van der Waals surface area contributed by atoms with Gasteiger partial charge in [-0.05, 0) is 36.4 Å². The van der Waals surface area contributed by atoms with E-state index in [-0.39, 0.29) is 12.5 Å². The second-order valence-electron chi connectivity index (χ2n) is 5.12. The molecule has 0 spiro atoms. The first-order valence-corrected chi connectivity index (χ1v) is 7.44. The fourth-order valence-corrected chi connectivity index (χ4v) is 2.89. The van der Waals surface area contributed by atoms with E-state index in [1.807, 2.05) is 24.4 Å². The molecule has 0 radical (unpaired) electrons. The molecule has 21 heavy (non-hydrogen) atoms. The van der Waals surface area contributed by atoms with Crippen LogP contribution >= 0.6 is 11.3 Å². The molecule has 0 aliphatic heterocycles. The second kappa shape index (κ2) is 6.10. The smallest absolute Gasteiger partial charge is 0.315 e. The lowest BCUT2D eigenvalue weighted by Gasteiger charge is -2.25. The summed E-state index contributed by atoms with van der Waals surface area (Å²) < 4.78 is 0. The number of hydrogen-bond acceptors (Lipinski definition) is 3. The van der Waals surface area contributed by atoms with E-state index in [1.165, 1.54) is 11.3 Å². The van der Waals surface area contributed by atoms with Crippen LogP contribution in [0.25, 0.3) is 0 Å². The van der Waals surface area contributed by atoms with Gasteiger partial charge in [-0.2, -0.15) is 0 Å². The molecule has 0 saturated heterocycles. The van der Waals surface area contributed by atoms with Crippen LogP contribution in [0.1, 0.15) is 27.7 Å². The van der Waals surface area contributed by atoms with E-state index < -0.39 is 11.4 Å². The Morgan fingerprint density at radius 1 is 1.24 bits per heavy atom. The molecule has 2 rings (SSSR count). The maximum Gasteiger partial charge on any atom is 0.315 e. The van der Waals surface area contributed by atoms with Crippen LogP contribution in [0.3, 0.4) is 0 Å². The molecule has 0 fully saturated rings. The van der Waals surface area contributed by atoms with Crippen LogP contribution in [0.15, 0.2) is 41.8 Å². The predicted molar refractivity (Wildman–Crippen MR) is 82.8 cm³/mol. The maximum absolute atomic E-state index is 12.1. The molecule has 2 aromatic rings. The second-order valence-corrected chi connectivity index (χ2v) is 6.03. The molecule has 1 aromatic heterocycles. The highest BCUT2D eigenvalue weighted by atomic mass is 32.1. The SMILES string of the molecule is Cc1ccsc1C(=O)NCC(C)(C(=O)O)c1ccccc1. The van der Waals surface area contributed by atoms with Crippen LogP contribution in [0.5, 0.6) is 0 Å². The molecule has 4 nitrogen and oxygen atoms in total. The lowest BCUT2D eigenvalue weighted by molar-refractivity contribution is -0.142. The lowest BCUT2D eigenvalue weighted by atomic mass is 9.82. The van der Waals surface area contributed by atoms with Crippen molar-refractivity contribution >= 4 is 23.2 Å². The number of carboxylic acid groups (broad SMARTS) is 1. The van der Waals surface area contributed by atoms with Crippen molar-refractivity contribution in [1.29, 1.82) is 0 Å². The highest BCUT2D eigenvalue weighted by Gasteiger charge is 2.35. The normalized spacial score (nSPS) is 13.4. The van der Waals surface area contributed by atoms with Crippen LogP contribution in [0.4, 0.5) is 0 Å². The first-order chi connectivity index (χ1) is 9.95. The van der Waals surface area contributed by atoms with Gasteiger partial charge in [0, 0.05) is 6.54 Å². The van der Waals surface area contributed by atoms with Gasteiger partial charge in [0.15, 0.2) is 0 Å². The third kappa shape index (κ3) is 3.13. The number of thiophene rings is 1. The van der Waals surface area contributed by atoms with Gasteiger partial charge in [-0.15, -0.1) is 11.3 Å². The number of benzene rings is 1. The molecular formula is C16H17NO3S. The van der Waals surface area contributed by atoms with Gasteiger partial charge in [-0.1, -0.05) is 30.3 Å². The van der Waals surface area contributed by atoms with Gasteiger partial charge in [0.05, 0.1) is 4.88 Å². The number of carboxylic acids is 1. The van der Waals surface area contributed by atoms with E-state index >= 15 is 0 Å². The van der Waals surface area contributed by atoms with Crippen molar-refractivity contribution < 1.29 is 14.7 Å². The molecule has 0 aliphatic rings. The molecule has 1 atom stereocenters. The number of aryl methyl sites for hydroxylation is 1. The van der Waals surface area contributed by atoms with E-state index in [0.717, 1.165) is 5.56 Å². The summed E-state index contributed by atoms with van der Waals surface area (Å²) in [6.45, 7) is 3.52. The zero-order valence-corrected chi connectivity index (χ0v) is 12.7. The summed E-state index contributed by atoms with van der Waals surface area (Å²) in [6, 6.07) is 10.8. The average Bonchev–Trinajstić information content (AvgIpc) is 2.91. The molecule has 0 saturated carbocycles. The average molecular weight is 303 g/mol. The Morgan fingerprint density at radius 2 is 1.90 bits per heavy atom. The van der Waals surface area contributed by atoms with Crippen LogP contribution in [0.2, 0.25) is 0 Å². The van der Waals surface area contributed by atoms with Crippen molar-refractivity contribution in [3.63, 3.8) is 0 Å². The predicted octanol–water partition coefficient (Wildman–Crippen LogP) is 2.83. The Labute approximate surface area is 127 Å². The summed E-state index contributed by atoms with van der Waals surface area (Å²) in [4.78, 5) is 24.4. The third-order valence-corrected chi connectivity index (χ3v) is 4.57. The fraction of sp³-hybridized carbons (Fsp3) is 0.250. The molecule has 1 amide bonds. The van der Waals surface area contributed by atoms with E-state index in [1.54, 1.807) is 31.2 Å². The molecular weight excluding hydrogens is 286 g/mol. The van der Waals surface area contributed by atoms with Gasteiger partial charge in [0.25, 0.3) is 5.91 Å². The number of carbonyl (C=O) groups is 2. The number of nitrogens with one attached hydrogen (secondary N) is 1. The quantitative estimate of drug-likeness (QED) is 0.892. The number of carbonyl (C=O) groups excluding carboxylic acids is 1. The van der Waals surface area contributed by atoms with Gasteiger partial charge in [-0.3, -0.25) is 9.59 Å². The molecule has 110 valence electrons. The summed E-state index contributed by atoms with van der Waals surface area (Å²) in [6.07, 6.45) is 0. The number of hydrogen-bond donors (Lipinski definition) is 2. The van der Waals surface area contributed by atoms with E-state index in [9.17, 15) is 14.7 Å². The zero-order valence-electron chi connectivity index (χ0n) is 11.9. The minimum absolute atomic E-state index is 0.0442. The van der Waals surface area contributed by atoms with Gasteiger partial charge in [0.1, 0.15) is 5.41 Å². The summed E-state index contributed by atoms with van der Waals surface area (Å²) in [5.74, 6) is -1.19. The van der Waals surface area contributed by atoms with Crippen LogP contribution in [0, 0.1) is 6.92 Å². The Morgan fingerprint density at radius 3 is 2.43 bits per heavy atom. The number of rotatable bonds is 5. The monoisotopic (exact) mass is 303 g/mol. The summed E-state index contributed by atoms with van der Waals surface area (Å²) in [5.41, 5.74) is 0.414. The van der Waals surface area contributed by atoms with E-state index in [2.05, 4.69) is 5.32 Å². The molecule has 5 heteroatoms. The number of amides is 1. The van der Waals surface area contributed by atoms with Crippen LogP contribution in [-0.2, 0) is 10.2 Å². The first kappa shape index (κ1) is 15.3. The van der Waals surface area contributed by atoms with Crippen molar-refractivity contribution in [2.24, 2.45) is 0 Å². The van der Waals surface area contributed by atoms with Crippen molar-refractivity contribution in [3.8, 4) is 0 Å². The van der Waals surface area contributed by atoms with Crippen LogP contribution in [-0.4, -0.2) is 23.5 Å². The highest BCUT2D eigenvalue weighted by molar-refractivity contribution is 7.12. The van der Waals surface area contributed by atoms with Gasteiger partial charge >= 0.3 is 5.97 Å². The van der Waals surface area contributed by atoms with Crippen molar-refractivity contribution in [1.82, 2.24) is 5.32 Å². The molecule has 0 bridgehead atoms. The lowest BCUT2D eigenvalue weighted by Crippen LogP contribution is -2.44. The molecule has 0 aliphatic carbocycles. The number of aliphatic carboxylic acids is 1. The van der Waals surface area contributed by atoms with Crippen molar-refractivity contribution in [3.05, 3.63) is 57.8 Å². The largest absolute Gasteiger partial charge is 0.481 e. The first-order valence-electron chi connectivity index (χ1n) is 6.56. The summed E-state index contributed by atoms with van der Waals surface area (Å²) in [5, 5.41) is 14.1. The Bertz CT molecular complexity index is 651. The molecule has 2 N–H and O–H groups in total. The zero-order chi connectivity index (χ0) is 15.5. The summed E-state index contributed by atoms with van der Waals surface area (Å²) in [7, 11) is 0. The van der Waals surface area contributed by atoms with Crippen molar-refractivity contribution in [2.45, 2.75) is 19.3 Å². The molecule has 1 aromatic carbocycles. The van der Waals surface area contributed by atoms with E-state index in [0.29, 0.717) is 10.4 Å². The Balaban J connectivity index is 2.17. The molecule has 1 unspecified atom stereocenters. The fourth-order valence-electron chi connectivity index (χ4n) is 2.05. The van der Waals surface area contributed by atoms with Crippen molar-refractivity contribution in [2.75, 3.05) is 6.54 Å². The van der Waals surface area contributed by atoms with Gasteiger partial charge < -0.3 is 10.4 Å². The van der Waals surface area contributed by atoms with Gasteiger partial charge in [0.2, 0.25) is 0 Å². The minimum atomic E-state index is -1.15.